The van der Waals surface area contributed by atoms with E-state index in [0.717, 1.165) is 12.5 Å². The smallest absolute Gasteiger partial charge is 0.00104 e. The Labute approximate surface area is 100 Å². The van der Waals surface area contributed by atoms with Crippen molar-refractivity contribution in [1.29, 1.82) is 0 Å². The van der Waals surface area contributed by atoms with Crippen LogP contribution in [0.2, 0.25) is 0 Å². The summed E-state index contributed by atoms with van der Waals surface area (Å²) in [5, 5.41) is 3.54. The number of hydrogen-bond acceptors (Lipinski definition) is 1. The van der Waals surface area contributed by atoms with Crippen molar-refractivity contribution in [3.05, 3.63) is 35.4 Å². The lowest BCUT2D eigenvalue weighted by Gasteiger charge is -2.18. The van der Waals surface area contributed by atoms with Gasteiger partial charge >= 0.3 is 0 Å². The Hall–Kier alpha value is -0.820. The van der Waals surface area contributed by atoms with Gasteiger partial charge in [0, 0.05) is 6.04 Å². The predicted octanol–water partition coefficient (Wildman–Crippen LogP) is 3.56. The average molecular weight is 219 g/mol. The summed E-state index contributed by atoms with van der Waals surface area (Å²) >= 11 is 0. The fraction of sp³-hybridized carbons (Fsp3) is 0.600. The quantitative estimate of drug-likeness (QED) is 0.771. The second-order valence-electron chi connectivity index (χ2n) is 4.97. The van der Waals surface area contributed by atoms with Gasteiger partial charge in [0.05, 0.1) is 0 Å². The van der Waals surface area contributed by atoms with E-state index >= 15 is 0 Å². The molecule has 1 nitrogen and oxygen atoms in total. The molecule has 0 saturated carbocycles. The Morgan fingerprint density at radius 3 is 2.44 bits per heavy atom. The Morgan fingerprint density at radius 1 is 1.19 bits per heavy atom. The van der Waals surface area contributed by atoms with E-state index in [1.165, 1.54) is 24.0 Å². The molecule has 0 aliphatic rings. The molecule has 1 atom stereocenters. The molecule has 0 heterocycles. The van der Waals surface area contributed by atoms with Gasteiger partial charge in [0.15, 0.2) is 0 Å². The van der Waals surface area contributed by atoms with Gasteiger partial charge in [-0.25, -0.2) is 0 Å². The van der Waals surface area contributed by atoms with Crippen LogP contribution in [0.3, 0.4) is 0 Å². The second-order valence-corrected chi connectivity index (χ2v) is 4.97. The summed E-state index contributed by atoms with van der Waals surface area (Å²) in [4.78, 5) is 0. The summed E-state index contributed by atoms with van der Waals surface area (Å²) in [6, 6.07) is 9.31. The zero-order chi connectivity index (χ0) is 12.0. The van der Waals surface area contributed by atoms with Crippen molar-refractivity contribution in [3.8, 4) is 0 Å². The van der Waals surface area contributed by atoms with Crippen LogP contribution in [-0.2, 0) is 6.42 Å². The SMILES string of the molecule is CCC(CNC(C)C)Cc1ccccc1C. The predicted molar refractivity (Wildman–Crippen MR) is 71.8 cm³/mol. The molecule has 1 aromatic carbocycles. The van der Waals surface area contributed by atoms with Gasteiger partial charge in [-0.05, 0) is 36.9 Å². The Balaban J connectivity index is 2.53. The van der Waals surface area contributed by atoms with Crippen molar-refractivity contribution in [2.75, 3.05) is 6.54 Å². The zero-order valence-corrected chi connectivity index (χ0v) is 11.1. The van der Waals surface area contributed by atoms with Crippen LogP contribution in [0.15, 0.2) is 24.3 Å². The second kappa shape index (κ2) is 6.70. The zero-order valence-electron chi connectivity index (χ0n) is 11.1. The van der Waals surface area contributed by atoms with Gasteiger partial charge in [-0.1, -0.05) is 51.5 Å². The summed E-state index contributed by atoms with van der Waals surface area (Å²) in [6.07, 6.45) is 2.44. The Morgan fingerprint density at radius 2 is 1.88 bits per heavy atom. The normalized spacial score (nSPS) is 13.1. The first-order valence-corrected chi connectivity index (χ1v) is 6.41. The molecule has 1 aromatic rings. The minimum atomic E-state index is 0.589. The largest absolute Gasteiger partial charge is 0.314 e. The maximum atomic E-state index is 3.54. The van der Waals surface area contributed by atoms with Gasteiger partial charge in [-0.15, -0.1) is 0 Å². The van der Waals surface area contributed by atoms with E-state index in [9.17, 15) is 0 Å². The van der Waals surface area contributed by atoms with Gasteiger partial charge in [0.1, 0.15) is 0 Å². The van der Waals surface area contributed by atoms with Crippen molar-refractivity contribution in [2.45, 2.75) is 46.6 Å². The minimum Gasteiger partial charge on any atom is -0.314 e. The molecule has 0 fully saturated rings. The highest BCUT2D eigenvalue weighted by Gasteiger charge is 2.09. The molecule has 0 aromatic heterocycles. The summed E-state index contributed by atoms with van der Waals surface area (Å²) in [5.41, 5.74) is 2.92. The molecular weight excluding hydrogens is 194 g/mol. The van der Waals surface area contributed by atoms with Crippen LogP contribution < -0.4 is 5.32 Å². The van der Waals surface area contributed by atoms with Crippen molar-refractivity contribution < 1.29 is 0 Å². The van der Waals surface area contributed by atoms with E-state index in [0.29, 0.717) is 6.04 Å². The molecule has 0 aliphatic carbocycles. The van der Waals surface area contributed by atoms with Gasteiger partial charge < -0.3 is 5.32 Å². The van der Waals surface area contributed by atoms with E-state index in [2.05, 4.69) is 57.3 Å². The lowest BCUT2D eigenvalue weighted by atomic mass is 9.94. The lowest BCUT2D eigenvalue weighted by Crippen LogP contribution is -2.29. The van der Waals surface area contributed by atoms with Crippen molar-refractivity contribution in [3.63, 3.8) is 0 Å². The monoisotopic (exact) mass is 219 g/mol. The fourth-order valence-corrected chi connectivity index (χ4v) is 1.91. The molecule has 0 aliphatic heterocycles. The van der Waals surface area contributed by atoms with Gasteiger partial charge in [0.25, 0.3) is 0 Å². The fourth-order valence-electron chi connectivity index (χ4n) is 1.91. The maximum Gasteiger partial charge on any atom is 0.00104 e. The van der Waals surface area contributed by atoms with Crippen molar-refractivity contribution in [1.82, 2.24) is 5.32 Å². The Kier molecular flexibility index (Phi) is 5.54. The van der Waals surface area contributed by atoms with Crippen molar-refractivity contribution >= 4 is 0 Å². The molecule has 0 spiro atoms. The van der Waals surface area contributed by atoms with Gasteiger partial charge in [-0.3, -0.25) is 0 Å². The third kappa shape index (κ3) is 4.36. The van der Waals surface area contributed by atoms with Crippen LogP contribution in [-0.4, -0.2) is 12.6 Å². The van der Waals surface area contributed by atoms with Crippen LogP contribution in [0.25, 0.3) is 0 Å². The summed E-state index contributed by atoms with van der Waals surface area (Å²) in [5.74, 6) is 0.753. The molecule has 1 rings (SSSR count). The van der Waals surface area contributed by atoms with Crippen molar-refractivity contribution in [2.24, 2.45) is 5.92 Å². The number of benzene rings is 1. The van der Waals surface area contributed by atoms with Crippen LogP contribution in [0.4, 0.5) is 0 Å². The summed E-state index contributed by atoms with van der Waals surface area (Å²) in [7, 11) is 0. The molecule has 0 amide bonds. The summed E-state index contributed by atoms with van der Waals surface area (Å²) in [6.45, 7) is 10.0. The third-order valence-electron chi connectivity index (χ3n) is 3.16. The van der Waals surface area contributed by atoms with Crippen LogP contribution in [0.1, 0.15) is 38.3 Å². The molecule has 0 saturated heterocycles. The molecule has 0 radical (unpaired) electrons. The lowest BCUT2D eigenvalue weighted by molar-refractivity contribution is 0.435. The molecule has 1 heteroatoms. The highest BCUT2D eigenvalue weighted by Crippen LogP contribution is 2.15. The van der Waals surface area contributed by atoms with Crippen LogP contribution in [0, 0.1) is 12.8 Å². The molecule has 1 N–H and O–H groups in total. The van der Waals surface area contributed by atoms with E-state index in [1.807, 2.05) is 0 Å². The number of rotatable bonds is 6. The van der Waals surface area contributed by atoms with E-state index in [4.69, 9.17) is 0 Å². The highest BCUT2D eigenvalue weighted by molar-refractivity contribution is 5.25. The number of hydrogen-bond donors (Lipinski definition) is 1. The average Bonchev–Trinajstić information content (AvgIpc) is 2.26. The third-order valence-corrected chi connectivity index (χ3v) is 3.16. The molecule has 1 unspecified atom stereocenters. The topological polar surface area (TPSA) is 12.0 Å². The Bertz CT molecular complexity index is 304. The standard InChI is InChI=1S/C15H25N/c1-5-14(11-16-12(2)3)10-15-9-7-6-8-13(15)4/h6-9,12,14,16H,5,10-11H2,1-4H3. The van der Waals surface area contributed by atoms with E-state index < -0.39 is 0 Å². The minimum absolute atomic E-state index is 0.589. The first-order valence-electron chi connectivity index (χ1n) is 6.41. The molecule has 0 bridgehead atoms. The highest BCUT2D eigenvalue weighted by atomic mass is 14.9. The first-order chi connectivity index (χ1) is 7.63. The molecule has 90 valence electrons. The van der Waals surface area contributed by atoms with E-state index in [1.54, 1.807) is 0 Å². The number of aryl methyl sites for hydroxylation is 1. The molecule has 16 heavy (non-hydrogen) atoms. The summed E-state index contributed by atoms with van der Waals surface area (Å²) < 4.78 is 0. The maximum absolute atomic E-state index is 3.54. The van der Waals surface area contributed by atoms with E-state index in [-0.39, 0.29) is 0 Å². The molecular formula is C15H25N. The van der Waals surface area contributed by atoms with Crippen LogP contribution >= 0.6 is 0 Å². The van der Waals surface area contributed by atoms with Crippen LogP contribution in [0.5, 0.6) is 0 Å². The van der Waals surface area contributed by atoms with Gasteiger partial charge in [-0.2, -0.15) is 0 Å². The van der Waals surface area contributed by atoms with Gasteiger partial charge in [0.2, 0.25) is 0 Å². The first kappa shape index (κ1) is 13.2. The number of nitrogens with one attached hydrogen (secondary N) is 1.